The summed E-state index contributed by atoms with van der Waals surface area (Å²) in [5, 5.41) is 15.5. The van der Waals surface area contributed by atoms with E-state index in [-0.39, 0.29) is 16.5 Å². The van der Waals surface area contributed by atoms with Gasteiger partial charge in [0.15, 0.2) is 0 Å². The molecule has 1 aliphatic heterocycles. The van der Waals surface area contributed by atoms with Crippen molar-refractivity contribution in [3.63, 3.8) is 0 Å². The van der Waals surface area contributed by atoms with E-state index in [1.54, 1.807) is 11.7 Å². The first-order valence-electron chi connectivity index (χ1n) is 6.49. The number of nitro groups is 1. The molecule has 104 valence electrons. The Morgan fingerprint density at radius 1 is 1.58 bits per heavy atom. The average molecular weight is 266 g/mol. The van der Waals surface area contributed by atoms with Gasteiger partial charge < -0.3 is 9.69 Å². The highest BCUT2D eigenvalue weighted by atomic mass is 16.6. The summed E-state index contributed by atoms with van der Waals surface area (Å²) in [5.74, 6) is 0.474. The van der Waals surface area contributed by atoms with Crippen LogP contribution in [0.4, 0.5) is 11.5 Å². The number of nitrogens with zero attached hydrogens (tertiary/aromatic N) is 4. The molecule has 0 amide bonds. The molecular formula is C12H18N4O3. The highest BCUT2D eigenvalue weighted by molar-refractivity contribution is 5.64. The van der Waals surface area contributed by atoms with Gasteiger partial charge in [0.1, 0.15) is 12.0 Å². The number of carbonyl (C=O) groups excluding carboxylic acids is 1. The van der Waals surface area contributed by atoms with Gasteiger partial charge in [0.25, 0.3) is 0 Å². The van der Waals surface area contributed by atoms with Gasteiger partial charge in [-0.15, -0.1) is 0 Å². The Morgan fingerprint density at radius 2 is 2.32 bits per heavy atom. The van der Waals surface area contributed by atoms with Crippen LogP contribution in [0.5, 0.6) is 0 Å². The second-order valence-corrected chi connectivity index (χ2v) is 4.84. The SMILES string of the molecule is CCc1nn(C)c(N2CCCC(C=O)C2)c1[N+](=O)[O-]. The minimum Gasteiger partial charge on any atom is -0.350 e. The number of carbonyl (C=O) groups is 1. The molecule has 2 rings (SSSR count). The van der Waals surface area contributed by atoms with Crippen LogP contribution in [-0.4, -0.2) is 34.1 Å². The number of piperidine rings is 1. The number of aromatic nitrogens is 2. The predicted molar refractivity (Wildman–Crippen MR) is 70.2 cm³/mol. The summed E-state index contributed by atoms with van der Waals surface area (Å²) in [6.07, 6.45) is 3.18. The lowest BCUT2D eigenvalue weighted by Crippen LogP contribution is -2.37. The largest absolute Gasteiger partial charge is 0.350 e. The van der Waals surface area contributed by atoms with Gasteiger partial charge in [-0.3, -0.25) is 10.1 Å². The maximum absolute atomic E-state index is 11.3. The molecule has 1 unspecified atom stereocenters. The van der Waals surface area contributed by atoms with E-state index in [1.165, 1.54) is 0 Å². The van der Waals surface area contributed by atoms with E-state index in [2.05, 4.69) is 5.10 Å². The van der Waals surface area contributed by atoms with Gasteiger partial charge in [0.2, 0.25) is 5.82 Å². The summed E-state index contributed by atoms with van der Waals surface area (Å²) < 4.78 is 1.56. The second kappa shape index (κ2) is 5.38. The van der Waals surface area contributed by atoms with Gasteiger partial charge in [-0.05, 0) is 19.3 Å². The number of hydrogen-bond donors (Lipinski definition) is 0. The van der Waals surface area contributed by atoms with Crippen LogP contribution in [-0.2, 0) is 18.3 Å². The van der Waals surface area contributed by atoms with E-state index in [1.807, 2.05) is 11.8 Å². The molecule has 1 saturated heterocycles. The first-order chi connectivity index (χ1) is 9.08. The van der Waals surface area contributed by atoms with Crippen molar-refractivity contribution in [2.45, 2.75) is 26.2 Å². The Balaban J connectivity index is 2.40. The maximum Gasteiger partial charge on any atom is 0.334 e. The first kappa shape index (κ1) is 13.5. The summed E-state index contributed by atoms with van der Waals surface area (Å²) >= 11 is 0. The molecule has 0 aliphatic carbocycles. The van der Waals surface area contributed by atoms with Crippen molar-refractivity contribution in [2.75, 3.05) is 18.0 Å². The van der Waals surface area contributed by atoms with Crippen LogP contribution in [0, 0.1) is 16.0 Å². The number of aryl methyl sites for hydroxylation is 2. The average Bonchev–Trinajstić information content (AvgIpc) is 2.75. The Bertz CT molecular complexity index is 497. The normalized spacial score (nSPS) is 19.5. The van der Waals surface area contributed by atoms with Crippen molar-refractivity contribution in [3.05, 3.63) is 15.8 Å². The van der Waals surface area contributed by atoms with Crippen LogP contribution in [0.25, 0.3) is 0 Å². The maximum atomic E-state index is 11.3. The molecule has 0 aromatic carbocycles. The van der Waals surface area contributed by atoms with E-state index in [0.29, 0.717) is 24.5 Å². The van der Waals surface area contributed by atoms with Gasteiger partial charge in [-0.2, -0.15) is 5.10 Å². The molecule has 1 aromatic heterocycles. The van der Waals surface area contributed by atoms with E-state index in [4.69, 9.17) is 0 Å². The van der Waals surface area contributed by atoms with Gasteiger partial charge in [0, 0.05) is 26.1 Å². The van der Waals surface area contributed by atoms with Crippen molar-refractivity contribution in [1.82, 2.24) is 9.78 Å². The molecule has 1 atom stereocenters. The molecule has 0 radical (unpaired) electrons. The summed E-state index contributed by atoms with van der Waals surface area (Å²) in [4.78, 5) is 23.7. The smallest absolute Gasteiger partial charge is 0.334 e. The summed E-state index contributed by atoms with van der Waals surface area (Å²) in [5.41, 5.74) is 0.576. The van der Waals surface area contributed by atoms with Crippen molar-refractivity contribution < 1.29 is 9.72 Å². The van der Waals surface area contributed by atoms with Gasteiger partial charge >= 0.3 is 5.69 Å². The van der Waals surface area contributed by atoms with Gasteiger partial charge in [-0.25, -0.2) is 4.68 Å². The third-order valence-corrected chi connectivity index (χ3v) is 3.53. The topological polar surface area (TPSA) is 81.3 Å². The molecule has 1 fully saturated rings. The quantitative estimate of drug-likeness (QED) is 0.466. The minimum atomic E-state index is -0.369. The number of hydrogen-bond acceptors (Lipinski definition) is 5. The van der Waals surface area contributed by atoms with Crippen LogP contribution in [0.15, 0.2) is 0 Å². The third kappa shape index (κ3) is 2.45. The zero-order valence-corrected chi connectivity index (χ0v) is 11.2. The van der Waals surface area contributed by atoms with E-state index < -0.39 is 0 Å². The fourth-order valence-electron chi connectivity index (χ4n) is 2.65. The molecule has 7 nitrogen and oxygen atoms in total. The fourth-order valence-corrected chi connectivity index (χ4v) is 2.65. The van der Waals surface area contributed by atoms with Crippen molar-refractivity contribution in [2.24, 2.45) is 13.0 Å². The monoisotopic (exact) mass is 266 g/mol. The molecule has 1 aromatic rings. The Hall–Kier alpha value is -1.92. The highest BCUT2D eigenvalue weighted by Gasteiger charge is 2.32. The lowest BCUT2D eigenvalue weighted by Gasteiger charge is -2.30. The summed E-state index contributed by atoms with van der Waals surface area (Å²) in [6, 6.07) is 0. The Labute approximate surface area is 111 Å². The molecule has 0 spiro atoms. The number of anilines is 1. The zero-order chi connectivity index (χ0) is 14.0. The standard InChI is InChI=1S/C12H18N4O3/c1-3-10-11(16(18)19)12(14(2)13-10)15-6-4-5-9(7-15)8-17/h8-9H,3-7H2,1-2H3. The Morgan fingerprint density at radius 3 is 2.89 bits per heavy atom. The lowest BCUT2D eigenvalue weighted by atomic mass is 10.00. The third-order valence-electron chi connectivity index (χ3n) is 3.53. The second-order valence-electron chi connectivity index (χ2n) is 4.84. The van der Waals surface area contributed by atoms with Crippen LogP contribution >= 0.6 is 0 Å². The fraction of sp³-hybridized carbons (Fsp3) is 0.667. The van der Waals surface area contributed by atoms with Gasteiger partial charge in [0.05, 0.1) is 4.92 Å². The van der Waals surface area contributed by atoms with E-state index >= 15 is 0 Å². The summed E-state index contributed by atoms with van der Waals surface area (Å²) in [7, 11) is 1.71. The molecule has 0 saturated carbocycles. The van der Waals surface area contributed by atoms with E-state index in [0.717, 1.165) is 25.7 Å². The number of aldehydes is 1. The van der Waals surface area contributed by atoms with Crippen LogP contribution in [0.2, 0.25) is 0 Å². The lowest BCUT2D eigenvalue weighted by molar-refractivity contribution is -0.384. The molecule has 0 bridgehead atoms. The molecule has 19 heavy (non-hydrogen) atoms. The van der Waals surface area contributed by atoms with Crippen molar-refractivity contribution in [1.29, 1.82) is 0 Å². The van der Waals surface area contributed by atoms with Crippen LogP contribution in [0.1, 0.15) is 25.5 Å². The highest BCUT2D eigenvalue weighted by Crippen LogP contribution is 2.33. The first-order valence-corrected chi connectivity index (χ1v) is 6.49. The molecule has 0 N–H and O–H groups in total. The zero-order valence-electron chi connectivity index (χ0n) is 11.2. The summed E-state index contributed by atoms with van der Waals surface area (Å²) in [6.45, 7) is 3.12. The molecule has 2 heterocycles. The Kier molecular flexibility index (Phi) is 3.82. The molecular weight excluding hydrogens is 248 g/mol. The predicted octanol–water partition coefficient (Wildman–Crippen LogP) is 1.31. The van der Waals surface area contributed by atoms with Crippen molar-refractivity contribution in [3.8, 4) is 0 Å². The van der Waals surface area contributed by atoms with Crippen LogP contribution < -0.4 is 4.90 Å². The van der Waals surface area contributed by atoms with Crippen LogP contribution in [0.3, 0.4) is 0 Å². The van der Waals surface area contributed by atoms with Gasteiger partial charge in [-0.1, -0.05) is 6.92 Å². The molecule has 1 aliphatic rings. The number of rotatable bonds is 4. The molecule has 7 heteroatoms. The van der Waals surface area contributed by atoms with Crippen molar-refractivity contribution >= 4 is 17.8 Å². The minimum absolute atomic E-state index is 0.0478. The van der Waals surface area contributed by atoms with E-state index in [9.17, 15) is 14.9 Å².